The summed E-state index contributed by atoms with van der Waals surface area (Å²) >= 11 is 1.77. The second-order valence-corrected chi connectivity index (χ2v) is 5.04. The molecule has 0 aliphatic carbocycles. The summed E-state index contributed by atoms with van der Waals surface area (Å²) in [7, 11) is 0. The van der Waals surface area contributed by atoms with E-state index in [-0.39, 0.29) is 12.5 Å². The number of carbonyl (C=O) groups is 1. The first-order valence-corrected chi connectivity index (χ1v) is 7.64. The van der Waals surface area contributed by atoms with Crippen LogP contribution in [0.3, 0.4) is 0 Å². The molecule has 3 nitrogen and oxygen atoms in total. The molecule has 0 aromatic heterocycles. The highest BCUT2D eigenvalue weighted by molar-refractivity contribution is 7.97. The highest BCUT2D eigenvalue weighted by Crippen LogP contribution is 2.10. The minimum absolute atomic E-state index is 0.0188. The zero-order valence-electron chi connectivity index (χ0n) is 10.8. The van der Waals surface area contributed by atoms with Crippen molar-refractivity contribution in [2.24, 2.45) is 0 Å². The summed E-state index contributed by atoms with van der Waals surface area (Å²) in [6, 6.07) is 7.73. The lowest BCUT2D eigenvalue weighted by molar-refractivity contribution is 0.0953. The van der Waals surface area contributed by atoms with E-state index in [1.54, 1.807) is 11.8 Å². The van der Waals surface area contributed by atoms with Gasteiger partial charge in [0.05, 0.1) is 0 Å². The summed E-state index contributed by atoms with van der Waals surface area (Å²) in [5.74, 6) is 0.956. The van der Waals surface area contributed by atoms with Crippen molar-refractivity contribution in [1.29, 1.82) is 0 Å². The molecule has 1 aromatic carbocycles. The first kappa shape index (κ1) is 15.1. The van der Waals surface area contributed by atoms with Crippen LogP contribution in [0.2, 0.25) is 0 Å². The molecule has 0 heterocycles. The summed E-state index contributed by atoms with van der Waals surface area (Å²) in [6.07, 6.45) is 4.73. The fourth-order valence-corrected chi connectivity index (χ4v) is 2.16. The molecule has 0 fully saturated rings. The molecule has 100 valence electrons. The van der Waals surface area contributed by atoms with Gasteiger partial charge in [0.2, 0.25) is 0 Å². The highest BCUT2D eigenvalue weighted by atomic mass is 32.2. The van der Waals surface area contributed by atoms with Crippen molar-refractivity contribution in [1.82, 2.24) is 5.32 Å². The Morgan fingerprint density at radius 3 is 2.56 bits per heavy atom. The molecule has 0 aliphatic heterocycles. The van der Waals surface area contributed by atoms with Crippen molar-refractivity contribution >= 4 is 17.7 Å². The average Bonchev–Trinajstić information content (AvgIpc) is 2.39. The predicted octanol–water partition coefficient (Wildman–Crippen LogP) is 2.44. The van der Waals surface area contributed by atoms with E-state index in [0.29, 0.717) is 12.1 Å². The average molecular weight is 267 g/mol. The molecular formula is C14H21NO2S. The molecule has 0 unspecified atom stereocenters. The van der Waals surface area contributed by atoms with E-state index in [1.807, 2.05) is 24.3 Å². The van der Waals surface area contributed by atoms with Crippen molar-refractivity contribution in [3.8, 4) is 0 Å². The zero-order valence-corrected chi connectivity index (χ0v) is 11.6. The van der Waals surface area contributed by atoms with Gasteiger partial charge in [0, 0.05) is 24.5 Å². The maximum Gasteiger partial charge on any atom is 0.251 e. The third-order valence-electron chi connectivity index (χ3n) is 2.65. The largest absolute Gasteiger partial charge is 0.396 e. The van der Waals surface area contributed by atoms with Gasteiger partial charge in [0.1, 0.15) is 0 Å². The molecule has 0 saturated carbocycles. The first-order chi connectivity index (χ1) is 8.77. The van der Waals surface area contributed by atoms with Gasteiger partial charge in [-0.15, -0.1) is 0 Å². The Hall–Kier alpha value is -1.00. The van der Waals surface area contributed by atoms with Gasteiger partial charge in [-0.05, 0) is 43.2 Å². The number of aliphatic hydroxyl groups is 1. The topological polar surface area (TPSA) is 49.3 Å². The van der Waals surface area contributed by atoms with E-state index in [9.17, 15) is 4.79 Å². The molecule has 0 aliphatic rings. The molecule has 1 rings (SSSR count). The second kappa shape index (κ2) is 9.00. The smallest absolute Gasteiger partial charge is 0.251 e. The summed E-state index contributed by atoms with van der Waals surface area (Å²) < 4.78 is 0. The van der Waals surface area contributed by atoms with Gasteiger partial charge in [-0.25, -0.2) is 0 Å². The summed E-state index contributed by atoms with van der Waals surface area (Å²) in [4.78, 5) is 11.8. The van der Waals surface area contributed by atoms with E-state index in [1.165, 1.54) is 5.56 Å². The Labute approximate surface area is 113 Å². The van der Waals surface area contributed by atoms with E-state index in [0.717, 1.165) is 25.0 Å². The minimum atomic E-state index is -0.0188. The molecule has 4 heteroatoms. The van der Waals surface area contributed by atoms with Crippen molar-refractivity contribution < 1.29 is 9.90 Å². The predicted molar refractivity (Wildman–Crippen MR) is 76.9 cm³/mol. The summed E-state index contributed by atoms with van der Waals surface area (Å²) in [5.41, 5.74) is 1.95. The zero-order chi connectivity index (χ0) is 13.2. The van der Waals surface area contributed by atoms with E-state index < -0.39 is 0 Å². The molecule has 0 radical (unpaired) electrons. The summed E-state index contributed by atoms with van der Waals surface area (Å²) in [6.45, 7) is 0.899. The van der Waals surface area contributed by atoms with Gasteiger partial charge in [-0.3, -0.25) is 4.79 Å². The van der Waals surface area contributed by atoms with Crippen LogP contribution in [-0.2, 0) is 5.75 Å². The fraction of sp³-hybridized carbons (Fsp3) is 0.500. The third-order valence-corrected chi connectivity index (χ3v) is 3.27. The van der Waals surface area contributed by atoms with Crippen LogP contribution in [0.1, 0.15) is 35.2 Å². The monoisotopic (exact) mass is 267 g/mol. The SMILES string of the molecule is CSCc1ccc(C(=O)NCCCCCO)cc1. The molecule has 0 saturated heterocycles. The molecule has 1 aromatic rings. The van der Waals surface area contributed by atoms with Crippen LogP contribution in [0.5, 0.6) is 0 Å². The number of amides is 1. The lowest BCUT2D eigenvalue weighted by Crippen LogP contribution is -2.24. The van der Waals surface area contributed by atoms with Gasteiger partial charge >= 0.3 is 0 Å². The van der Waals surface area contributed by atoms with Gasteiger partial charge < -0.3 is 10.4 Å². The molecule has 18 heavy (non-hydrogen) atoms. The van der Waals surface area contributed by atoms with E-state index in [2.05, 4.69) is 11.6 Å². The maximum absolute atomic E-state index is 11.8. The first-order valence-electron chi connectivity index (χ1n) is 6.25. The van der Waals surface area contributed by atoms with Crippen LogP contribution in [0.15, 0.2) is 24.3 Å². The van der Waals surface area contributed by atoms with Gasteiger partial charge in [0.15, 0.2) is 0 Å². The Morgan fingerprint density at radius 1 is 1.22 bits per heavy atom. The normalized spacial score (nSPS) is 10.3. The fourth-order valence-electron chi connectivity index (χ4n) is 1.64. The van der Waals surface area contributed by atoms with Crippen LogP contribution in [0.4, 0.5) is 0 Å². The summed E-state index contributed by atoms with van der Waals surface area (Å²) in [5, 5.41) is 11.5. The van der Waals surface area contributed by atoms with Crippen LogP contribution in [0, 0.1) is 0 Å². The van der Waals surface area contributed by atoms with Crippen LogP contribution < -0.4 is 5.32 Å². The number of hydrogen-bond acceptors (Lipinski definition) is 3. The molecular weight excluding hydrogens is 246 g/mol. The Kier molecular flexibility index (Phi) is 7.53. The molecule has 1 amide bonds. The van der Waals surface area contributed by atoms with Gasteiger partial charge in [0.25, 0.3) is 5.91 Å². The lowest BCUT2D eigenvalue weighted by Gasteiger charge is -2.05. The third kappa shape index (κ3) is 5.56. The number of benzene rings is 1. The molecule has 0 spiro atoms. The number of hydrogen-bond donors (Lipinski definition) is 2. The Bertz CT molecular complexity index is 351. The number of aliphatic hydroxyl groups excluding tert-OH is 1. The quantitative estimate of drug-likeness (QED) is 0.711. The standard InChI is InChI=1S/C14H21NO2S/c1-18-11-12-5-7-13(8-6-12)14(17)15-9-3-2-4-10-16/h5-8,16H,2-4,9-11H2,1H3,(H,15,17). The van der Waals surface area contributed by atoms with Crippen molar-refractivity contribution in [2.75, 3.05) is 19.4 Å². The number of nitrogens with one attached hydrogen (secondary N) is 1. The number of rotatable bonds is 8. The molecule has 0 atom stereocenters. The van der Waals surface area contributed by atoms with Crippen molar-refractivity contribution in [2.45, 2.75) is 25.0 Å². The Balaban J connectivity index is 2.32. The minimum Gasteiger partial charge on any atom is -0.396 e. The van der Waals surface area contributed by atoms with Crippen LogP contribution in [-0.4, -0.2) is 30.4 Å². The maximum atomic E-state index is 11.8. The number of thioether (sulfide) groups is 1. The molecule has 0 bridgehead atoms. The Morgan fingerprint density at radius 2 is 1.94 bits per heavy atom. The second-order valence-electron chi connectivity index (χ2n) is 4.17. The van der Waals surface area contributed by atoms with Gasteiger partial charge in [-0.1, -0.05) is 12.1 Å². The van der Waals surface area contributed by atoms with E-state index in [4.69, 9.17) is 5.11 Å². The number of carbonyl (C=O) groups excluding carboxylic acids is 1. The van der Waals surface area contributed by atoms with Gasteiger partial charge in [-0.2, -0.15) is 11.8 Å². The van der Waals surface area contributed by atoms with Crippen LogP contribution >= 0.6 is 11.8 Å². The van der Waals surface area contributed by atoms with E-state index >= 15 is 0 Å². The lowest BCUT2D eigenvalue weighted by atomic mass is 10.1. The number of unbranched alkanes of at least 4 members (excludes halogenated alkanes) is 2. The highest BCUT2D eigenvalue weighted by Gasteiger charge is 2.04. The van der Waals surface area contributed by atoms with Crippen LogP contribution in [0.25, 0.3) is 0 Å². The van der Waals surface area contributed by atoms with Crippen molar-refractivity contribution in [3.05, 3.63) is 35.4 Å². The van der Waals surface area contributed by atoms with Crippen molar-refractivity contribution in [3.63, 3.8) is 0 Å². The molecule has 2 N–H and O–H groups in total.